The molecule has 0 fully saturated rings. The van der Waals surface area contributed by atoms with Gasteiger partial charge < -0.3 is 9.47 Å². The molecule has 1 heterocycles. The van der Waals surface area contributed by atoms with E-state index in [0.29, 0.717) is 0 Å². The van der Waals surface area contributed by atoms with Gasteiger partial charge in [0, 0.05) is 33.1 Å². The normalized spacial score (nSPS) is 14.1. The zero-order valence-electron chi connectivity index (χ0n) is 35.6. The van der Waals surface area contributed by atoms with Crippen LogP contribution in [0, 0.1) is 0 Å². The predicted octanol–water partition coefficient (Wildman–Crippen LogP) is 16.6. The van der Waals surface area contributed by atoms with Gasteiger partial charge in [0.05, 0.1) is 22.4 Å². The average molecular weight is 817 g/mol. The Kier molecular flexibility index (Phi) is 8.98. The Bertz CT molecular complexity index is 3510. The van der Waals surface area contributed by atoms with E-state index in [2.05, 4.69) is 265 Å². The highest BCUT2D eigenvalue weighted by atomic mass is 15.2. The molecule has 0 bridgehead atoms. The van der Waals surface area contributed by atoms with Gasteiger partial charge in [-0.2, -0.15) is 0 Å². The second-order valence-electron chi connectivity index (χ2n) is 16.9. The molecule has 0 saturated carbocycles. The molecular formula is C62H44N2. The van der Waals surface area contributed by atoms with Crippen molar-refractivity contribution in [1.82, 2.24) is 4.57 Å². The van der Waals surface area contributed by atoms with Crippen molar-refractivity contribution in [1.29, 1.82) is 0 Å². The molecule has 12 rings (SSSR count). The van der Waals surface area contributed by atoms with Crippen molar-refractivity contribution in [3.05, 3.63) is 265 Å². The standard InChI is InChI=1S/C62H44N2/c1-62(44-24-7-3-8-25-44)56-36-18-15-32-51(56)52-41-40-46(42-57(52)62)63(60-39-21-35-55-54-34-17-20-38-59(54)64(61(55)60)45-26-9-4-10-27-45)58-37-19-16-33-53(58)50-31-14-13-30-49(50)48-29-12-11-28-47(48)43-22-5-2-6-23-43/h2-42H,1H3. The molecule has 2 heteroatoms. The average Bonchev–Trinajstić information content (AvgIpc) is 3.85. The van der Waals surface area contributed by atoms with Crippen LogP contribution in [0.15, 0.2) is 249 Å². The van der Waals surface area contributed by atoms with E-state index < -0.39 is 0 Å². The lowest BCUT2D eigenvalue weighted by molar-refractivity contribution is 0.714. The molecule has 1 atom stereocenters. The fourth-order valence-corrected chi connectivity index (χ4v) is 10.6. The Morgan fingerprint density at radius 3 is 1.62 bits per heavy atom. The van der Waals surface area contributed by atoms with Crippen molar-refractivity contribution in [2.24, 2.45) is 0 Å². The van der Waals surface area contributed by atoms with Crippen LogP contribution in [0.4, 0.5) is 17.1 Å². The summed E-state index contributed by atoms with van der Waals surface area (Å²) in [7, 11) is 0. The number of hydrogen-bond donors (Lipinski definition) is 0. The predicted molar refractivity (Wildman–Crippen MR) is 269 cm³/mol. The van der Waals surface area contributed by atoms with Gasteiger partial charge in [0.2, 0.25) is 0 Å². The van der Waals surface area contributed by atoms with Crippen LogP contribution >= 0.6 is 0 Å². The van der Waals surface area contributed by atoms with Gasteiger partial charge in [0.25, 0.3) is 0 Å². The van der Waals surface area contributed by atoms with E-state index in [1.165, 1.54) is 71.9 Å². The first-order valence-corrected chi connectivity index (χ1v) is 22.2. The highest BCUT2D eigenvalue weighted by Gasteiger charge is 2.41. The van der Waals surface area contributed by atoms with Crippen LogP contribution < -0.4 is 4.90 Å². The number of hydrogen-bond acceptors (Lipinski definition) is 1. The molecule has 1 aromatic heterocycles. The van der Waals surface area contributed by atoms with Crippen LogP contribution in [0.25, 0.3) is 72.0 Å². The number of fused-ring (bicyclic) bond motifs is 6. The van der Waals surface area contributed by atoms with E-state index in [9.17, 15) is 0 Å². The van der Waals surface area contributed by atoms with Crippen LogP contribution in [0.5, 0.6) is 0 Å². The van der Waals surface area contributed by atoms with Gasteiger partial charge in [-0.25, -0.2) is 0 Å². The maximum absolute atomic E-state index is 2.53. The third-order valence-corrected chi connectivity index (χ3v) is 13.5. The Morgan fingerprint density at radius 1 is 0.359 bits per heavy atom. The topological polar surface area (TPSA) is 8.17 Å². The quantitative estimate of drug-likeness (QED) is 0.148. The fraction of sp³-hybridized carbons (Fsp3) is 0.0323. The van der Waals surface area contributed by atoms with Crippen molar-refractivity contribution in [2.75, 3.05) is 4.90 Å². The number of aromatic nitrogens is 1. The number of rotatable bonds is 8. The van der Waals surface area contributed by atoms with E-state index in [4.69, 9.17) is 0 Å². The molecule has 0 spiro atoms. The van der Waals surface area contributed by atoms with E-state index in [1.54, 1.807) is 0 Å². The van der Waals surface area contributed by atoms with Gasteiger partial charge >= 0.3 is 0 Å². The van der Waals surface area contributed by atoms with E-state index in [0.717, 1.165) is 33.8 Å². The maximum atomic E-state index is 2.53. The Hall–Kier alpha value is -8.20. The number of benzene rings is 10. The summed E-state index contributed by atoms with van der Waals surface area (Å²) >= 11 is 0. The first-order chi connectivity index (χ1) is 31.7. The minimum absolute atomic E-state index is 0.368. The Balaban J connectivity index is 1.16. The summed E-state index contributed by atoms with van der Waals surface area (Å²) in [6, 6.07) is 91.1. The third kappa shape index (κ3) is 5.87. The van der Waals surface area contributed by atoms with Gasteiger partial charge in [-0.15, -0.1) is 0 Å². The second-order valence-corrected chi connectivity index (χ2v) is 16.9. The molecule has 10 aromatic carbocycles. The minimum atomic E-state index is -0.368. The van der Waals surface area contributed by atoms with Crippen molar-refractivity contribution in [3.63, 3.8) is 0 Å². The highest BCUT2D eigenvalue weighted by molar-refractivity contribution is 6.15. The summed E-state index contributed by atoms with van der Waals surface area (Å²) in [5.74, 6) is 0. The summed E-state index contributed by atoms with van der Waals surface area (Å²) in [5, 5.41) is 2.43. The Labute approximate surface area is 374 Å². The molecule has 64 heavy (non-hydrogen) atoms. The van der Waals surface area contributed by atoms with Crippen molar-refractivity contribution >= 4 is 38.9 Å². The van der Waals surface area contributed by atoms with E-state index in [-0.39, 0.29) is 5.41 Å². The zero-order chi connectivity index (χ0) is 42.6. The third-order valence-electron chi connectivity index (χ3n) is 13.5. The summed E-state index contributed by atoms with van der Waals surface area (Å²) in [4.78, 5) is 2.53. The first-order valence-electron chi connectivity index (χ1n) is 22.2. The van der Waals surface area contributed by atoms with Crippen molar-refractivity contribution in [3.8, 4) is 50.2 Å². The van der Waals surface area contributed by atoms with Crippen molar-refractivity contribution < 1.29 is 0 Å². The smallest absolute Gasteiger partial charge is 0.0782 e. The highest BCUT2D eigenvalue weighted by Crippen LogP contribution is 2.55. The first kappa shape index (κ1) is 37.6. The molecule has 0 amide bonds. The molecule has 1 unspecified atom stereocenters. The molecule has 2 nitrogen and oxygen atoms in total. The molecule has 0 saturated heterocycles. The summed E-state index contributed by atoms with van der Waals surface area (Å²) < 4.78 is 2.46. The van der Waals surface area contributed by atoms with Gasteiger partial charge in [-0.1, -0.05) is 206 Å². The maximum Gasteiger partial charge on any atom is 0.0782 e. The molecular weight excluding hydrogens is 773 g/mol. The van der Waals surface area contributed by atoms with Crippen molar-refractivity contribution in [2.45, 2.75) is 12.3 Å². The summed E-state index contributed by atoms with van der Waals surface area (Å²) in [5.41, 5.74) is 20.0. The minimum Gasteiger partial charge on any atom is -0.308 e. The number of anilines is 3. The van der Waals surface area contributed by atoms with Crippen LogP contribution in [-0.4, -0.2) is 4.57 Å². The SMILES string of the molecule is CC1(c2ccccc2)c2ccccc2-c2ccc(N(c3ccccc3-c3ccccc3-c3ccccc3-c3ccccc3)c3cccc4c5ccccc5n(-c5ccccc5)c34)cc21. The van der Waals surface area contributed by atoms with E-state index in [1.807, 2.05) is 0 Å². The Morgan fingerprint density at radius 2 is 0.875 bits per heavy atom. The number of nitrogens with zero attached hydrogens (tertiary/aromatic N) is 2. The van der Waals surface area contributed by atoms with Gasteiger partial charge in [0.1, 0.15) is 0 Å². The lowest BCUT2D eigenvalue weighted by atomic mass is 9.74. The van der Waals surface area contributed by atoms with Gasteiger partial charge in [-0.3, -0.25) is 0 Å². The van der Waals surface area contributed by atoms with Crippen LogP contribution in [0.1, 0.15) is 23.6 Å². The number of para-hydroxylation sites is 4. The van der Waals surface area contributed by atoms with Crippen LogP contribution in [0.3, 0.4) is 0 Å². The monoisotopic (exact) mass is 816 g/mol. The molecule has 302 valence electrons. The lowest BCUT2D eigenvalue weighted by Gasteiger charge is -2.32. The molecule has 1 aliphatic rings. The molecule has 11 aromatic rings. The molecule has 0 radical (unpaired) electrons. The largest absolute Gasteiger partial charge is 0.308 e. The van der Waals surface area contributed by atoms with Gasteiger partial charge in [0.15, 0.2) is 0 Å². The summed E-state index contributed by atoms with van der Waals surface area (Å²) in [6.45, 7) is 2.41. The zero-order valence-corrected chi connectivity index (χ0v) is 35.6. The second kappa shape index (κ2) is 15.3. The van der Waals surface area contributed by atoms with E-state index >= 15 is 0 Å². The summed E-state index contributed by atoms with van der Waals surface area (Å²) in [6.07, 6.45) is 0. The lowest BCUT2D eigenvalue weighted by Crippen LogP contribution is -2.23. The van der Waals surface area contributed by atoms with Gasteiger partial charge in [-0.05, 0) is 105 Å². The van der Waals surface area contributed by atoms with Crippen LogP contribution in [0.2, 0.25) is 0 Å². The fourth-order valence-electron chi connectivity index (χ4n) is 10.6. The van der Waals surface area contributed by atoms with Crippen LogP contribution in [-0.2, 0) is 5.41 Å². The molecule has 0 aliphatic heterocycles. The molecule has 0 N–H and O–H groups in total. The molecule has 1 aliphatic carbocycles.